The summed E-state index contributed by atoms with van der Waals surface area (Å²) in [5, 5.41) is 10.8. The number of hydrogen-bond acceptors (Lipinski definition) is 3. The number of hydrogen-bond donors (Lipinski definition) is 1. The second-order valence-electron chi connectivity index (χ2n) is 7.10. The van der Waals surface area contributed by atoms with Gasteiger partial charge in [-0.2, -0.15) is 10.2 Å². The van der Waals surface area contributed by atoms with Crippen molar-refractivity contribution in [2.75, 3.05) is 6.54 Å². The summed E-state index contributed by atoms with van der Waals surface area (Å²) in [5.41, 5.74) is -0.223. The van der Waals surface area contributed by atoms with Crippen molar-refractivity contribution < 1.29 is 4.79 Å². The zero-order chi connectivity index (χ0) is 20.3. The van der Waals surface area contributed by atoms with Gasteiger partial charge in [-0.15, -0.1) is 12.3 Å². The minimum absolute atomic E-state index is 0.117. The molecular formula is C24H35N3O. The van der Waals surface area contributed by atoms with Crippen LogP contribution in [0.3, 0.4) is 0 Å². The van der Waals surface area contributed by atoms with E-state index in [2.05, 4.69) is 70.1 Å². The van der Waals surface area contributed by atoms with Gasteiger partial charge in [-0.3, -0.25) is 4.79 Å². The molecule has 0 unspecified atom stereocenters. The number of allylic oxidation sites excluding steroid dienone is 8. The SMILES string of the molecule is C#CCCC/C=C\C/C=C\C/C=C\C/C=C\CCCC(=O)NCCC1(C)N=N1. The minimum Gasteiger partial charge on any atom is -0.356 e. The number of rotatable bonds is 16. The fourth-order valence-corrected chi connectivity index (χ4v) is 2.46. The number of carbonyl (C=O) groups is 1. The van der Waals surface area contributed by atoms with Crippen LogP contribution in [0.5, 0.6) is 0 Å². The summed E-state index contributed by atoms with van der Waals surface area (Å²) in [5.74, 6) is 2.77. The number of nitrogens with one attached hydrogen (secondary N) is 1. The lowest BCUT2D eigenvalue weighted by Gasteiger charge is -2.05. The van der Waals surface area contributed by atoms with E-state index in [1.54, 1.807) is 0 Å². The molecule has 1 N–H and O–H groups in total. The Bertz CT molecular complexity index is 614. The zero-order valence-electron chi connectivity index (χ0n) is 17.3. The lowest BCUT2D eigenvalue weighted by atomic mass is 10.2. The fourth-order valence-electron chi connectivity index (χ4n) is 2.46. The monoisotopic (exact) mass is 381 g/mol. The third-order valence-electron chi connectivity index (χ3n) is 4.31. The second kappa shape index (κ2) is 15.6. The summed E-state index contributed by atoms with van der Waals surface area (Å²) in [6, 6.07) is 0. The molecule has 1 heterocycles. The van der Waals surface area contributed by atoms with E-state index in [1.807, 2.05) is 6.92 Å². The van der Waals surface area contributed by atoms with Crippen LogP contribution in [0.4, 0.5) is 0 Å². The zero-order valence-corrected chi connectivity index (χ0v) is 17.3. The van der Waals surface area contributed by atoms with E-state index in [0.29, 0.717) is 13.0 Å². The molecule has 1 aliphatic rings. The highest BCUT2D eigenvalue weighted by molar-refractivity contribution is 5.75. The largest absolute Gasteiger partial charge is 0.356 e. The molecule has 28 heavy (non-hydrogen) atoms. The fraction of sp³-hybridized carbons (Fsp3) is 0.542. The Kier molecular flexibility index (Phi) is 13.2. The lowest BCUT2D eigenvalue weighted by molar-refractivity contribution is -0.121. The van der Waals surface area contributed by atoms with E-state index in [-0.39, 0.29) is 11.6 Å². The van der Waals surface area contributed by atoms with E-state index in [0.717, 1.165) is 57.8 Å². The normalized spacial score (nSPS) is 15.1. The first kappa shape index (κ1) is 23.6. The van der Waals surface area contributed by atoms with Gasteiger partial charge in [0, 0.05) is 25.8 Å². The quantitative estimate of drug-likeness (QED) is 0.198. The number of amides is 1. The van der Waals surface area contributed by atoms with Gasteiger partial charge in [0.15, 0.2) is 5.66 Å². The van der Waals surface area contributed by atoms with Crippen molar-refractivity contribution in [1.29, 1.82) is 0 Å². The first-order valence-electron chi connectivity index (χ1n) is 10.4. The summed E-state index contributed by atoms with van der Waals surface area (Å²) in [6.45, 7) is 2.62. The van der Waals surface area contributed by atoms with Crippen LogP contribution in [0.15, 0.2) is 58.8 Å². The highest BCUT2D eigenvalue weighted by atomic mass is 16.1. The average molecular weight is 382 g/mol. The molecule has 0 saturated carbocycles. The van der Waals surface area contributed by atoms with Crippen molar-refractivity contribution in [2.45, 2.75) is 76.8 Å². The van der Waals surface area contributed by atoms with E-state index in [9.17, 15) is 4.79 Å². The molecule has 4 heteroatoms. The molecule has 0 aromatic heterocycles. The highest BCUT2D eigenvalue weighted by Crippen LogP contribution is 2.29. The minimum atomic E-state index is -0.223. The van der Waals surface area contributed by atoms with Gasteiger partial charge in [-0.1, -0.05) is 48.6 Å². The smallest absolute Gasteiger partial charge is 0.220 e. The molecule has 0 aromatic carbocycles. The van der Waals surface area contributed by atoms with Crippen molar-refractivity contribution in [3.63, 3.8) is 0 Å². The molecule has 0 spiro atoms. The van der Waals surface area contributed by atoms with Crippen molar-refractivity contribution >= 4 is 5.91 Å². The highest BCUT2D eigenvalue weighted by Gasteiger charge is 2.32. The molecule has 1 rings (SSSR count). The summed E-state index contributed by atoms with van der Waals surface area (Å²) in [6.07, 6.45) is 31.8. The Balaban J connectivity index is 1.88. The molecule has 0 atom stereocenters. The number of nitrogens with zero attached hydrogens (tertiary/aromatic N) is 2. The number of terminal acetylenes is 1. The Morgan fingerprint density at radius 3 is 2.00 bits per heavy atom. The van der Waals surface area contributed by atoms with Crippen molar-refractivity contribution in [3.05, 3.63) is 48.6 Å². The van der Waals surface area contributed by atoms with Gasteiger partial charge in [-0.05, 0) is 51.9 Å². The van der Waals surface area contributed by atoms with E-state index < -0.39 is 0 Å². The molecule has 0 radical (unpaired) electrons. The summed E-state index contributed by atoms with van der Waals surface area (Å²) < 4.78 is 0. The number of carbonyl (C=O) groups excluding carboxylic acids is 1. The van der Waals surface area contributed by atoms with Crippen LogP contribution in [-0.2, 0) is 4.79 Å². The van der Waals surface area contributed by atoms with Crippen LogP contribution in [0.1, 0.15) is 71.1 Å². The van der Waals surface area contributed by atoms with Crippen LogP contribution < -0.4 is 5.32 Å². The predicted octanol–water partition coefficient (Wildman–Crippen LogP) is 6.04. The molecule has 152 valence electrons. The van der Waals surface area contributed by atoms with Crippen molar-refractivity contribution in [3.8, 4) is 12.3 Å². The maximum Gasteiger partial charge on any atom is 0.220 e. The number of unbranched alkanes of at least 4 members (excludes halogenated alkanes) is 3. The molecule has 0 fully saturated rings. The summed E-state index contributed by atoms with van der Waals surface area (Å²) in [4.78, 5) is 11.7. The van der Waals surface area contributed by atoms with E-state index in [4.69, 9.17) is 6.42 Å². The van der Waals surface area contributed by atoms with Crippen LogP contribution in [0.2, 0.25) is 0 Å². The van der Waals surface area contributed by atoms with Gasteiger partial charge in [0.25, 0.3) is 0 Å². The predicted molar refractivity (Wildman–Crippen MR) is 118 cm³/mol. The first-order chi connectivity index (χ1) is 13.7. The summed E-state index contributed by atoms with van der Waals surface area (Å²) >= 11 is 0. The molecule has 0 aromatic rings. The Hall–Kier alpha value is -2.41. The van der Waals surface area contributed by atoms with Gasteiger partial charge in [0.05, 0.1) is 0 Å². The maximum atomic E-state index is 11.7. The van der Waals surface area contributed by atoms with Gasteiger partial charge in [0.2, 0.25) is 5.91 Å². The van der Waals surface area contributed by atoms with E-state index >= 15 is 0 Å². The molecule has 4 nitrogen and oxygen atoms in total. The molecule has 0 bridgehead atoms. The Morgan fingerprint density at radius 2 is 1.46 bits per heavy atom. The first-order valence-corrected chi connectivity index (χ1v) is 10.4. The standard InChI is InChI=1S/C24H35N3O/c1-3-4-5-6-7-8-9-10-11-12-13-14-15-16-17-18-19-20-23(28)25-22-21-24(2)26-27-24/h1,7-8,10-11,13-14,16-17H,4-6,9,12,15,18-22H2,2H3,(H,25,28)/b8-7-,11-10-,14-13-,17-16-. The van der Waals surface area contributed by atoms with Crippen molar-refractivity contribution in [1.82, 2.24) is 5.32 Å². The van der Waals surface area contributed by atoms with Crippen LogP contribution in [-0.4, -0.2) is 18.1 Å². The average Bonchev–Trinajstić information content (AvgIpc) is 3.41. The maximum absolute atomic E-state index is 11.7. The van der Waals surface area contributed by atoms with Crippen LogP contribution in [0.25, 0.3) is 0 Å². The topological polar surface area (TPSA) is 53.8 Å². The molecule has 0 aliphatic carbocycles. The van der Waals surface area contributed by atoms with Gasteiger partial charge in [-0.25, -0.2) is 0 Å². The van der Waals surface area contributed by atoms with E-state index in [1.165, 1.54) is 0 Å². The Labute approximate surface area is 171 Å². The third-order valence-corrected chi connectivity index (χ3v) is 4.31. The Morgan fingerprint density at radius 1 is 0.929 bits per heavy atom. The van der Waals surface area contributed by atoms with Crippen LogP contribution >= 0.6 is 0 Å². The van der Waals surface area contributed by atoms with Gasteiger partial charge < -0.3 is 5.32 Å². The van der Waals surface area contributed by atoms with Crippen LogP contribution in [0, 0.1) is 12.3 Å². The van der Waals surface area contributed by atoms with Gasteiger partial charge >= 0.3 is 0 Å². The molecule has 1 aliphatic heterocycles. The second-order valence-corrected chi connectivity index (χ2v) is 7.10. The summed E-state index contributed by atoms with van der Waals surface area (Å²) in [7, 11) is 0. The van der Waals surface area contributed by atoms with Crippen molar-refractivity contribution in [2.24, 2.45) is 10.2 Å². The van der Waals surface area contributed by atoms with Gasteiger partial charge in [0.1, 0.15) is 0 Å². The molecule has 1 amide bonds. The molecule has 0 saturated heterocycles. The lowest BCUT2D eigenvalue weighted by Crippen LogP contribution is -2.26. The third kappa shape index (κ3) is 14.7. The molecular weight excluding hydrogens is 346 g/mol.